The summed E-state index contributed by atoms with van der Waals surface area (Å²) in [6.07, 6.45) is 2.53. The number of amides is 1. The Kier molecular flexibility index (Phi) is 7.12. The maximum atomic E-state index is 13.1. The van der Waals surface area contributed by atoms with Crippen LogP contribution in [0.25, 0.3) is 10.9 Å². The molecule has 1 aromatic heterocycles. The molecule has 0 bridgehead atoms. The number of carbonyl (C=O) groups excluding carboxylic acids is 1. The van der Waals surface area contributed by atoms with Crippen molar-refractivity contribution in [3.63, 3.8) is 0 Å². The van der Waals surface area contributed by atoms with Crippen LogP contribution in [-0.2, 0) is 22.5 Å². The van der Waals surface area contributed by atoms with Gasteiger partial charge in [0.15, 0.2) is 5.16 Å². The molecule has 2 aromatic carbocycles. The number of carbonyl (C=O) groups is 1. The number of hydrogen-bond donors (Lipinski definition) is 0. The van der Waals surface area contributed by atoms with Crippen LogP contribution < -0.4 is 15.2 Å². The van der Waals surface area contributed by atoms with Crippen molar-refractivity contribution in [1.29, 1.82) is 0 Å². The van der Waals surface area contributed by atoms with Crippen molar-refractivity contribution in [3.05, 3.63) is 58.4 Å². The van der Waals surface area contributed by atoms with Crippen LogP contribution in [0, 0.1) is 0 Å². The number of ether oxygens (including phenoxy) is 2. The summed E-state index contributed by atoms with van der Waals surface area (Å²) in [5.41, 5.74) is 2.61. The molecule has 0 saturated heterocycles. The largest absolute Gasteiger partial charge is 0.497 e. The molecule has 7 nitrogen and oxygen atoms in total. The molecule has 0 spiro atoms. The van der Waals surface area contributed by atoms with Crippen LogP contribution in [-0.4, -0.2) is 48.6 Å². The molecule has 0 atom stereocenters. The first-order chi connectivity index (χ1) is 15.6. The van der Waals surface area contributed by atoms with Crippen molar-refractivity contribution >= 4 is 34.3 Å². The molecule has 0 saturated carbocycles. The van der Waals surface area contributed by atoms with Crippen LogP contribution in [0.1, 0.15) is 18.4 Å². The molecule has 0 radical (unpaired) electrons. The summed E-state index contributed by atoms with van der Waals surface area (Å²) in [5.74, 6) is 1.01. The molecule has 0 unspecified atom stereocenters. The smallest absolute Gasteiger partial charge is 0.262 e. The van der Waals surface area contributed by atoms with E-state index in [9.17, 15) is 9.59 Å². The van der Waals surface area contributed by atoms with E-state index in [2.05, 4.69) is 0 Å². The third kappa shape index (κ3) is 4.66. The minimum atomic E-state index is -0.0861. The number of hydrogen-bond acceptors (Lipinski definition) is 6. The summed E-state index contributed by atoms with van der Waals surface area (Å²) in [7, 11) is 3.29. The average Bonchev–Trinajstić information content (AvgIpc) is 2.83. The Morgan fingerprint density at radius 1 is 1.19 bits per heavy atom. The van der Waals surface area contributed by atoms with Crippen molar-refractivity contribution < 1.29 is 14.3 Å². The number of fused-ring (bicyclic) bond motifs is 2. The third-order valence-corrected chi connectivity index (χ3v) is 6.55. The van der Waals surface area contributed by atoms with Crippen LogP contribution in [0.3, 0.4) is 0 Å². The monoisotopic (exact) mass is 453 g/mol. The Labute approximate surface area is 191 Å². The Morgan fingerprint density at radius 2 is 2.03 bits per heavy atom. The first-order valence-electron chi connectivity index (χ1n) is 10.7. The second kappa shape index (κ2) is 10.2. The normalized spacial score (nSPS) is 13.2. The summed E-state index contributed by atoms with van der Waals surface area (Å²) >= 11 is 1.31. The zero-order chi connectivity index (χ0) is 22.5. The van der Waals surface area contributed by atoms with Gasteiger partial charge < -0.3 is 14.4 Å². The average molecular weight is 454 g/mol. The van der Waals surface area contributed by atoms with Gasteiger partial charge >= 0.3 is 0 Å². The van der Waals surface area contributed by atoms with Crippen molar-refractivity contribution in [2.24, 2.45) is 0 Å². The van der Waals surface area contributed by atoms with Gasteiger partial charge in [0.05, 0.1) is 23.8 Å². The molecule has 0 aliphatic carbocycles. The second-order valence-corrected chi connectivity index (χ2v) is 8.59. The summed E-state index contributed by atoms with van der Waals surface area (Å²) in [6.45, 7) is 1.73. The molecule has 168 valence electrons. The molecule has 2 heterocycles. The fourth-order valence-electron chi connectivity index (χ4n) is 3.99. The number of rotatable bonds is 8. The topological polar surface area (TPSA) is 73.7 Å². The van der Waals surface area contributed by atoms with Gasteiger partial charge in [-0.25, -0.2) is 4.98 Å². The van der Waals surface area contributed by atoms with Crippen molar-refractivity contribution in [2.45, 2.75) is 31.0 Å². The number of nitrogens with zero attached hydrogens (tertiary/aromatic N) is 3. The lowest BCUT2D eigenvalue weighted by Crippen LogP contribution is -2.37. The Morgan fingerprint density at radius 3 is 2.84 bits per heavy atom. The first-order valence-corrected chi connectivity index (χ1v) is 11.7. The van der Waals surface area contributed by atoms with Crippen LogP contribution >= 0.6 is 11.8 Å². The Hall–Kier alpha value is -2.84. The number of thioether (sulfide) groups is 1. The zero-order valence-corrected chi connectivity index (χ0v) is 19.2. The zero-order valence-electron chi connectivity index (χ0n) is 18.4. The minimum absolute atomic E-state index is 0.00645. The van der Waals surface area contributed by atoms with Crippen LogP contribution in [0.5, 0.6) is 5.75 Å². The van der Waals surface area contributed by atoms with Crippen molar-refractivity contribution in [2.75, 3.05) is 38.0 Å². The fourth-order valence-corrected chi connectivity index (χ4v) is 4.89. The van der Waals surface area contributed by atoms with E-state index in [0.717, 1.165) is 29.8 Å². The van der Waals surface area contributed by atoms with Crippen molar-refractivity contribution in [3.8, 4) is 5.75 Å². The summed E-state index contributed by atoms with van der Waals surface area (Å²) in [5, 5.41) is 1.14. The van der Waals surface area contributed by atoms with Crippen molar-refractivity contribution in [1.82, 2.24) is 9.55 Å². The van der Waals surface area contributed by atoms with Gasteiger partial charge in [0.25, 0.3) is 5.56 Å². The molecule has 0 fully saturated rings. The quantitative estimate of drug-likeness (QED) is 0.295. The lowest BCUT2D eigenvalue weighted by atomic mass is 10.0. The molecular formula is C24H27N3O4S. The SMILES string of the molecule is COCCCn1c(SCC(=O)N2CCCc3cc(OC)ccc32)nc2ccccc2c1=O. The molecule has 32 heavy (non-hydrogen) atoms. The number of aromatic nitrogens is 2. The number of para-hydroxylation sites is 1. The molecule has 3 aromatic rings. The molecule has 1 aliphatic heterocycles. The van der Waals surface area contributed by atoms with Gasteiger partial charge in [-0.05, 0) is 55.2 Å². The number of aryl methyl sites for hydroxylation is 1. The number of anilines is 1. The van der Waals surface area contributed by atoms with Crippen LogP contribution in [0.15, 0.2) is 52.4 Å². The second-order valence-electron chi connectivity index (χ2n) is 7.65. The minimum Gasteiger partial charge on any atom is -0.497 e. The summed E-state index contributed by atoms with van der Waals surface area (Å²) in [6, 6.07) is 13.2. The fraction of sp³-hybridized carbons (Fsp3) is 0.375. The highest BCUT2D eigenvalue weighted by atomic mass is 32.2. The lowest BCUT2D eigenvalue weighted by molar-refractivity contribution is -0.116. The molecule has 4 rings (SSSR count). The van der Waals surface area contributed by atoms with E-state index < -0.39 is 0 Å². The van der Waals surface area contributed by atoms with Gasteiger partial charge in [-0.1, -0.05) is 23.9 Å². The Balaban J connectivity index is 1.57. The van der Waals surface area contributed by atoms with E-state index in [-0.39, 0.29) is 17.2 Å². The van der Waals surface area contributed by atoms with Gasteiger partial charge in [0.2, 0.25) is 5.91 Å². The van der Waals surface area contributed by atoms with E-state index >= 15 is 0 Å². The maximum Gasteiger partial charge on any atom is 0.262 e. The molecule has 8 heteroatoms. The molecule has 0 N–H and O–H groups in total. The third-order valence-electron chi connectivity index (χ3n) is 5.59. The van der Waals surface area contributed by atoms with Gasteiger partial charge in [-0.15, -0.1) is 0 Å². The number of methoxy groups -OCH3 is 2. The van der Waals surface area contributed by atoms with E-state index in [1.165, 1.54) is 11.8 Å². The van der Waals surface area contributed by atoms with Gasteiger partial charge in [0.1, 0.15) is 5.75 Å². The van der Waals surface area contributed by atoms with E-state index in [4.69, 9.17) is 14.5 Å². The maximum absolute atomic E-state index is 13.1. The lowest BCUT2D eigenvalue weighted by Gasteiger charge is -2.29. The summed E-state index contributed by atoms with van der Waals surface area (Å²) in [4.78, 5) is 32.8. The molecule has 1 aliphatic rings. The standard InChI is InChI=1S/C24H27N3O4S/c1-30-14-6-13-27-23(29)19-8-3-4-9-20(19)25-24(27)32-16-22(28)26-12-5-7-17-15-18(31-2)10-11-21(17)26/h3-4,8-11,15H,5-7,12-14,16H2,1-2H3. The molecular weight excluding hydrogens is 426 g/mol. The first kappa shape index (κ1) is 22.4. The van der Waals surface area contributed by atoms with E-state index in [1.807, 2.05) is 41.3 Å². The van der Waals surface area contributed by atoms with E-state index in [0.29, 0.717) is 42.2 Å². The van der Waals surface area contributed by atoms with Gasteiger partial charge in [-0.2, -0.15) is 0 Å². The van der Waals surface area contributed by atoms with Gasteiger partial charge in [0, 0.05) is 32.5 Å². The van der Waals surface area contributed by atoms with Gasteiger partial charge in [-0.3, -0.25) is 14.2 Å². The highest BCUT2D eigenvalue weighted by molar-refractivity contribution is 7.99. The van der Waals surface area contributed by atoms with E-state index in [1.54, 1.807) is 24.9 Å². The highest BCUT2D eigenvalue weighted by Crippen LogP contribution is 2.31. The highest BCUT2D eigenvalue weighted by Gasteiger charge is 2.24. The molecule has 1 amide bonds. The number of benzene rings is 2. The Bertz CT molecular complexity index is 1180. The summed E-state index contributed by atoms with van der Waals surface area (Å²) < 4.78 is 12.1. The van der Waals surface area contributed by atoms with Crippen LogP contribution in [0.4, 0.5) is 5.69 Å². The predicted molar refractivity (Wildman–Crippen MR) is 127 cm³/mol. The van der Waals surface area contributed by atoms with Crippen LogP contribution in [0.2, 0.25) is 0 Å². The predicted octanol–water partition coefficient (Wildman–Crippen LogP) is 3.51.